The lowest BCUT2D eigenvalue weighted by atomic mass is 9.94. The second-order valence-electron chi connectivity index (χ2n) is 6.45. The molecule has 2 rings (SSSR count). The number of hydrogen-bond donors (Lipinski definition) is 3. The molecule has 0 spiro atoms. The molecular formula is C17H26N6O. The van der Waals surface area contributed by atoms with Gasteiger partial charge in [0.05, 0.1) is 11.1 Å². The van der Waals surface area contributed by atoms with E-state index in [0.717, 1.165) is 30.3 Å². The van der Waals surface area contributed by atoms with Crippen molar-refractivity contribution in [2.45, 2.75) is 52.5 Å². The molecular weight excluding hydrogens is 304 g/mol. The summed E-state index contributed by atoms with van der Waals surface area (Å²) in [6.45, 7) is 8.19. The third kappa shape index (κ3) is 4.31. The van der Waals surface area contributed by atoms with Gasteiger partial charge in [0.25, 0.3) is 0 Å². The number of nitrogen functional groups attached to an aromatic ring is 1. The number of pyridine rings is 1. The molecule has 0 saturated carbocycles. The summed E-state index contributed by atoms with van der Waals surface area (Å²) < 4.78 is 0. The average molecular weight is 330 g/mol. The largest absolute Gasteiger partial charge is 0.368 e. The smallest absolute Gasteiger partial charge is 0.222 e. The summed E-state index contributed by atoms with van der Waals surface area (Å²) in [6.07, 6.45) is 4.73. The van der Waals surface area contributed by atoms with Gasteiger partial charge in [-0.3, -0.25) is 9.78 Å². The van der Waals surface area contributed by atoms with Crippen molar-refractivity contribution in [1.29, 1.82) is 0 Å². The first-order valence-corrected chi connectivity index (χ1v) is 8.26. The van der Waals surface area contributed by atoms with Crippen LogP contribution in [0.25, 0.3) is 11.0 Å². The van der Waals surface area contributed by atoms with Crippen LogP contribution in [-0.2, 0) is 4.79 Å². The monoisotopic (exact) mass is 330 g/mol. The van der Waals surface area contributed by atoms with E-state index in [1.165, 1.54) is 6.92 Å². The molecule has 24 heavy (non-hydrogen) atoms. The summed E-state index contributed by atoms with van der Waals surface area (Å²) in [5, 5.41) is 6.34. The Hall–Kier alpha value is -2.44. The fourth-order valence-electron chi connectivity index (χ4n) is 2.63. The van der Waals surface area contributed by atoms with E-state index < -0.39 is 0 Å². The lowest BCUT2D eigenvalue weighted by molar-refractivity contribution is -0.119. The Morgan fingerprint density at radius 3 is 2.75 bits per heavy atom. The zero-order valence-corrected chi connectivity index (χ0v) is 14.8. The fraction of sp³-hybridized carbons (Fsp3) is 0.529. The maximum atomic E-state index is 11.3. The summed E-state index contributed by atoms with van der Waals surface area (Å²) in [4.78, 5) is 24.4. The Morgan fingerprint density at radius 1 is 1.33 bits per heavy atom. The number of nitrogens with two attached hydrogens (primary N) is 1. The van der Waals surface area contributed by atoms with Gasteiger partial charge in [0.2, 0.25) is 11.9 Å². The van der Waals surface area contributed by atoms with Gasteiger partial charge in [0, 0.05) is 19.7 Å². The van der Waals surface area contributed by atoms with E-state index in [4.69, 9.17) is 5.73 Å². The molecule has 2 heterocycles. The number of unbranched alkanes of at least 4 members (excludes halogenated alkanes) is 1. The van der Waals surface area contributed by atoms with Crippen molar-refractivity contribution in [3.05, 3.63) is 17.8 Å². The van der Waals surface area contributed by atoms with Crippen LogP contribution in [-0.4, -0.2) is 32.9 Å². The van der Waals surface area contributed by atoms with Gasteiger partial charge < -0.3 is 16.4 Å². The van der Waals surface area contributed by atoms with Gasteiger partial charge in [0.1, 0.15) is 5.52 Å². The lowest BCUT2D eigenvalue weighted by Crippen LogP contribution is -2.46. The van der Waals surface area contributed by atoms with E-state index in [-0.39, 0.29) is 17.4 Å². The van der Waals surface area contributed by atoms with Crippen molar-refractivity contribution in [2.24, 2.45) is 0 Å². The quantitative estimate of drug-likeness (QED) is 0.720. The Morgan fingerprint density at radius 2 is 2.08 bits per heavy atom. The molecule has 0 aliphatic carbocycles. The Balaban J connectivity index is 2.39. The van der Waals surface area contributed by atoms with Crippen molar-refractivity contribution in [2.75, 3.05) is 17.6 Å². The highest BCUT2D eigenvalue weighted by atomic mass is 16.1. The summed E-state index contributed by atoms with van der Waals surface area (Å²) >= 11 is 0. The molecule has 130 valence electrons. The predicted molar refractivity (Wildman–Crippen MR) is 96.7 cm³/mol. The zero-order chi connectivity index (χ0) is 17.7. The van der Waals surface area contributed by atoms with E-state index in [2.05, 4.69) is 39.4 Å². The van der Waals surface area contributed by atoms with E-state index in [0.29, 0.717) is 17.9 Å². The number of nitrogens with zero attached hydrogens (tertiary/aromatic N) is 3. The first-order chi connectivity index (χ1) is 11.3. The van der Waals surface area contributed by atoms with Gasteiger partial charge in [-0.2, -0.15) is 4.98 Å². The molecule has 7 nitrogen and oxygen atoms in total. The minimum atomic E-state index is -0.346. The number of hydrogen-bond acceptors (Lipinski definition) is 6. The highest BCUT2D eigenvalue weighted by molar-refractivity contribution is 5.88. The second-order valence-corrected chi connectivity index (χ2v) is 6.45. The van der Waals surface area contributed by atoms with Crippen LogP contribution in [0, 0.1) is 6.92 Å². The molecule has 0 aliphatic rings. The zero-order valence-electron chi connectivity index (χ0n) is 14.8. The number of nitrogens with one attached hydrogen (secondary N) is 2. The number of fused-ring (bicyclic) bond motifs is 1. The maximum Gasteiger partial charge on any atom is 0.222 e. The van der Waals surface area contributed by atoms with Crippen molar-refractivity contribution in [3.8, 4) is 0 Å². The molecule has 1 atom stereocenters. The topological polar surface area (TPSA) is 106 Å². The van der Waals surface area contributed by atoms with E-state index >= 15 is 0 Å². The van der Waals surface area contributed by atoms with Crippen LogP contribution in [0.2, 0.25) is 0 Å². The van der Waals surface area contributed by atoms with Crippen LogP contribution in [0.1, 0.15) is 45.6 Å². The normalized spacial score (nSPS) is 13.5. The van der Waals surface area contributed by atoms with Crippen LogP contribution in [0.15, 0.2) is 12.3 Å². The number of carbonyl (C=O) groups is 1. The molecule has 0 saturated heterocycles. The van der Waals surface area contributed by atoms with Crippen molar-refractivity contribution >= 4 is 28.7 Å². The van der Waals surface area contributed by atoms with Crippen molar-refractivity contribution < 1.29 is 4.79 Å². The third-order valence-electron chi connectivity index (χ3n) is 4.03. The molecule has 0 aromatic carbocycles. The van der Waals surface area contributed by atoms with Crippen LogP contribution in [0.5, 0.6) is 0 Å². The van der Waals surface area contributed by atoms with Gasteiger partial charge in [-0.15, -0.1) is 0 Å². The molecule has 1 amide bonds. The fourth-order valence-corrected chi connectivity index (χ4v) is 2.63. The van der Waals surface area contributed by atoms with Gasteiger partial charge in [-0.05, 0) is 31.9 Å². The number of rotatable bonds is 7. The molecule has 2 aromatic heterocycles. The average Bonchev–Trinajstić information content (AvgIpc) is 2.52. The molecule has 4 N–H and O–H groups in total. The highest BCUT2D eigenvalue weighted by Gasteiger charge is 2.26. The summed E-state index contributed by atoms with van der Waals surface area (Å²) in [5.41, 5.74) is 7.95. The summed E-state index contributed by atoms with van der Waals surface area (Å²) in [5.74, 6) is 0.754. The molecule has 0 bridgehead atoms. The summed E-state index contributed by atoms with van der Waals surface area (Å²) in [7, 11) is 0. The number of anilines is 2. The van der Waals surface area contributed by atoms with E-state index in [9.17, 15) is 4.79 Å². The Kier molecular flexibility index (Phi) is 5.54. The molecule has 1 unspecified atom stereocenters. The number of amides is 1. The van der Waals surface area contributed by atoms with Gasteiger partial charge in [0.15, 0.2) is 5.82 Å². The maximum absolute atomic E-state index is 11.3. The predicted octanol–water partition coefficient (Wildman–Crippen LogP) is 2.41. The first-order valence-electron chi connectivity index (χ1n) is 8.26. The van der Waals surface area contributed by atoms with Gasteiger partial charge in [-0.1, -0.05) is 19.8 Å². The molecule has 2 aromatic rings. The standard InChI is InChI=1S/C17H26N6O/c1-5-6-8-17(4,10-20-12(3)24)23-15-14-13(21-16(18)22-15)11(2)7-9-19-14/h7,9H,5-6,8,10H2,1-4H3,(H,20,24)(H3,18,21,22,23). The van der Waals surface area contributed by atoms with Crippen LogP contribution < -0.4 is 16.4 Å². The SMILES string of the molecule is CCCCC(C)(CNC(C)=O)Nc1nc(N)nc2c(C)ccnc12. The summed E-state index contributed by atoms with van der Waals surface area (Å²) in [6, 6.07) is 1.89. The van der Waals surface area contributed by atoms with Crippen molar-refractivity contribution in [3.63, 3.8) is 0 Å². The molecule has 0 fully saturated rings. The minimum Gasteiger partial charge on any atom is -0.368 e. The van der Waals surface area contributed by atoms with Crippen LogP contribution >= 0.6 is 0 Å². The Bertz CT molecular complexity index is 732. The van der Waals surface area contributed by atoms with E-state index in [1.54, 1.807) is 6.20 Å². The minimum absolute atomic E-state index is 0.0550. The van der Waals surface area contributed by atoms with Gasteiger partial charge >= 0.3 is 0 Å². The third-order valence-corrected chi connectivity index (χ3v) is 4.03. The molecule has 7 heteroatoms. The first kappa shape index (κ1) is 17.9. The van der Waals surface area contributed by atoms with Crippen LogP contribution in [0.4, 0.5) is 11.8 Å². The lowest BCUT2D eigenvalue weighted by Gasteiger charge is -2.32. The second kappa shape index (κ2) is 7.42. The van der Waals surface area contributed by atoms with E-state index in [1.807, 2.05) is 13.0 Å². The molecule has 0 aliphatic heterocycles. The van der Waals surface area contributed by atoms with Gasteiger partial charge in [-0.25, -0.2) is 4.98 Å². The Labute approximate surface area is 142 Å². The van der Waals surface area contributed by atoms with Crippen LogP contribution in [0.3, 0.4) is 0 Å². The highest BCUT2D eigenvalue weighted by Crippen LogP contribution is 2.26. The number of aryl methyl sites for hydroxylation is 1. The number of aromatic nitrogens is 3. The number of carbonyl (C=O) groups excluding carboxylic acids is 1. The van der Waals surface area contributed by atoms with Crippen molar-refractivity contribution in [1.82, 2.24) is 20.3 Å². The molecule has 0 radical (unpaired) electrons.